The second kappa shape index (κ2) is 6.95. The molecule has 0 spiro atoms. The Balaban J connectivity index is 1.65. The van der Waals surface area contributed by atoms with Crippen molar-refractivity contribution in [3.05, 3.63) is 29.3 Å². The molecule has 1 aromatic carbocycles. The van der Waals surface area contributed by atoms with E-state index in [-0.39, 0.29) is 11.8 Å². The van der Waals surface area contributed by atoms with Crippen molar-refractivity contribution in [2.24, 2.45) is 0 Å². The Bertz CT molecular complexity index is 560. The molecule has 118 valence electrons. The molecule has 0 bridgehead atoms. The number of aryl methyl sites for hydroxylation is 1. The highest BCUT2D eigenvalue weighted by Crippen LogP contribution is 2.24. The molecule has 1 heterocycles. The molecule has 1 aliphatic carbocycles. The third kappa shape index (κ3) is 3.67. The number of anilines is 1. The maximum Gasteiger partial charge on any atom is 0.251 e. The smallest absolute Gasteiger partial charge is 0.251 e. The summed E-state index contributed by atoms with van der Waals surface area (Å²) in [6, 6.07) is 5.89. The summed E-state index contributed by atoms with van der Waals surface area (Å²) in [5.74, 6) is 0.0736. The van der Waals surface area contributed by atoms with Gasteiger partial charge in [0.05, 0.1) is 0 Å². The van der Waals surface area contributed by atoms with Crippen molar-refractivity contribution in [1.82, 2.24) is 5.32 Å². The first-order chi connectivity index (χ1) is 10.7. The molecule has 0 radical (unpaired) electrons. The van der Waals surface area contributed by atoms with E-state index >= 15 is 0 Å². The summed E-state index contributed by atoms with van der Waals surface area (Å²) < 4.78 is 0. The van der Waals surface area contributed by atoms with Gasteiger partial charge in [-0.25, -0.2) is 0 Å². The maximum atomic E-state index is 12.5. The summed E-state index contributed by atoms with van der Waals surface area (Å²) >= 11 is 0. The van der Waals surface area contributed by atoms with Crippen molar-refractivity contribution >= 4 is 17.5 Å². The van der Waals surface area contributed by atoms with E-state index in [9.17, 15) is 9.59 Å². The highest BCUT2D eigenvalue weighted by Gasteiger charge is 2.18. The molecular formula is C18H24N2O2. The van der Waals surface area contributed by atoms with Crippen LogP contribution in [0.15, 0.2) is 18.2 Å². The van der Waals surface area contributed by atoms with Gasteiger partial charge in [-0.05, 0) is 43.0 Å². The summed E-state index contributed by atoms with van der Waals surface area (Å²) in [6.45, 7) is 0. The van der Waals surface area contributed by atoms with Crippen LogP contribution in [-0.4, -0.2) is 17.9 Å². The van der Waals surface area contributed by atoms with Crippen LogP contribution in [0.5, 0.6) is 0 Å². The summed E-state index contributed by atoms with van der Waals surface area (Å²) in [6.07, 6.45) is 9.71. The summed E-state index contributed by atoms with van der Waals surface area (Å²) in [5, 5.41) is 6.04. The Morgan fingerprint density at radius 1 is 1.05 bits per heavy atom. The highest BCUT2D eigenvalue weighted by molar-refractivity contribution is 5.98. The van der Waals surface area contributed by atoms with Crippen molar-refractivity contribution in [2.45, 2.75) is 63.8 Å². The lowest BCUT2D eigenvalue weighted by Crippen LogP contribution is -2.35. The lowest BCUT2D eigenvalue weighted by Gasteiger charge is -2.22. The fourth-order valence-corrected chi connectivity index (χ4v) is 3.39. The Labute approximate surface area is 131 Å². The van der Waals surface area contributed by atoms with Crippen LogP contribution in [0, 0.1) is 0 Å². The fourth-order valence-electron chi connectivity index (χ4n) is 3.39. The standard InChI is InChI=1S/C18H24N2O2/c21-17-11-9-13-12-14(8-10-16(13)20-17)18(22)19-15-6-4-2-1-3-5-7-15/h8,10,12,15H,1-7,9,11H2,(H,19,22)(H,20,21). The molecule has 22 heavy (non-hydrogen) atoms. The summed E-state index contributed by atoms with van der Waals surface area (Å²) in [4.78, 5) is 23.8. The predicted molar refractivity (Wildman–Crippen MR) is 87.0 cm³/mol. The molecule has 0 atom stereocenters. The van der Waals surface area contributed by atoms with Crippen molar-refractivity contribution in [1.29, 1.82) is 0 Å². The average molecular weight is 300 g/mol. The normalized spacial score (nSPS) is 19.5. The lowest BCUT2D eigenvalue weighted by atomic mass is 9.96. The Hall–Kier alpha value is -1.84. The number of fused-ring (bicyclic) bond motifs is 1. The van der Waals surface area contributed by atoms with E-state index in [1.54, 1.807) is 0 Å². The van der Waals surface area contributed by atoms with Gasteiger partial charge in [0.2, 0.25) is 5.91 Å². The van der Waals surface area contributed by atoms with Gasteiger partial charge in [0, 0.05) is 23.7 Å². The van der Waals surface area contributed by atoms with Crippen LogP contribution in [0.2, 0.25) is 0 Å². The Kier molecular flexibility index (Phi) is 4.76. The molecule has 2 aliphatic rings. The minimum Gasteiger partial charge on any atom is -0.349 e. The first-order valence-corrected chi connectivity index (χ1v) is 8.46. The van der Waals surface area contributed by atoms with Crippen LogP contribution < -0.4 is 10.6 Å². The molecule has 1 aliphatic heterocycles. The van der Waals surface area contributed by atoms with E-state index in [4.69, 9.17) is 0 Å². The van der Waals surface area contributed by atoms with Crippen LogP contribution in [0.4, 0.5) is 5.69 Å². The van der Waals surface area contributed by atoms with Crippen molar-refractivity contribution in [3.63, 3.8) is 0 Å². The minimum absolute atomic E-state index is 0.0188. The Morgan fingerprint density at radius 3 is 2.55 bits per heavy atom. The molecule has 1 fully saturated rings. The van der Waals surface area contributed by atoms with Crippen molar-refractivity contribution in [2.75, 3.05) is 5.32 Å². The van der Waals surface area contributed by atoms with Crippen molar-refractivity contribution < 1.29 is 9.59 Å². The second-order valence-corrected chi connectivity index (χ2v) is 6.44. The first-order valence-electron chi connectivity index (χ1n) is 8.46. The number of hydrogen-bond donors (Lipinski definition) is 2. The quantitative estimate of drug-likeness (QED) is 0.879. The number of carbonyl (C=O) groups is 2. The van der Waals surface area contributed by atoms with E-state index in [2.05, 4.69) is 10.6 Å². The molecule has 0 unspecified atom stereocenters. The number of rotatable bonds is 2. The zero-order valence-electron chi connectivity index (χ0n) is 13.0. The molecule has 2 amide bonds. The first kappa shape index (κ1) is 15.1. The molecule has 1 saturated carbocycles. The molecule has 0 aromatic heterocycles. The third-order valence-corrected chi connectivity index (χ3v) is 4.70. The topological polar surface area (TPSA) is 58.2 Å². The van der Waals surface area contributed by atoms with E-state index in [0.717, 1.165) is 24.1 Å². The van der Waals surface area contributed by atoms with Crippen LogP contribution >= 0.6 is 0 Å². The number of carbonyl (C=O) groups excluding carboxylic acids is 2. The molecular weight excluding hydrogens is 276 g/mol. The van der Waals surface area contributed by atoms with E-state index < -0.39 is 0 Å². The van der Waals surface area contributed by atoms with Gasteiger partial charge in [-0.3, -0.25) is 9.59 Å². The van der Waals surface area contributed by atoms with E-state index in [1.165, 1.54) is 32.1 Å². The van der Waals surface area contributed by atoms with Gasteiger partial charge in [-0.15, -0.1) is 0 Å². The SMILES string of the molecule is O=C1CCc2cc(C(=O)NC3CCCCCCC3)ccc2N1. The van der Waals surface area contributed by atoms with Gasteiger partial charge in [0.15, 0.2) is 0 Å². The molecule has 4 heteroatoms. The van der Waals surface area contributed by atoms with Gasteiger partial charge in [0.25, 0.3) is 5.91 Å². The maximum absolute atomic E-state index is 12.5. The zero-order valence-corrected chi connectivity index (χ0v) is 13.0. The third-order valence-electron chi connectivity index (χ3n) is 4.70. The minimum atomic E-state index is 0.0188. The number of amides is 2. The highest BCUT2D eigenvalue weighted by atomic mass is 16.2. The van der Waals surface area contributed by atoms with Crippen LogP contribution in [0.1, 0.15) is 67.3 Å². The molecule has 1 aromatic rings. The summed E-state index contributed by atoms with van der Waals surface area (Å²) in [7, 11) is 0. The van der Waals surface area contributed by atoms with E-state index in [0.29, 0.717) is 24.4 Å². The largest absolute Gasteiger partial charge is 0.349 e. The molecule has 3 rings (SSSR count). The van der Waals surface area contributed by atoms with E-state index in [1.807, 2.05) is 18.2 Å². The number of benzene rings is 1. The molecule has 0 saturated heterocycles. The summed E-state index contributed by atoms with van der Waals surface area (Å²) in [5.41, 5.74) is 2.61. The number of nitrogens with one attached hydrogen (secondary N) is 2. The van der Waals surface area contributed by atoms with Gasteiger partial charge in [-0.1, -0.05) is 32.1 Å². The predicted octanol–water partition coefficient (Wildman–Crippen LogP) is 3.41. The monoisotopic (exact) mass is 300 g/mol. The van der Waals surface area contributed by atoms with Crippen molar-refractivity contribution in [3.8, 4) is 0 Å². The number of hydrogen-bond acceptors (Lipinski definition) is 2. The van der Waals surface area contributed by atoms with Gasteiger partial charge >= 0.3 is 0 Å². The van der Waals surface area contributed by atoms with Gasteiger partial charge in [0.1, 0.15) is 0 Å². The average Bonchev–Trinajstić information content (AvgIpc) is 2.49. The molecule has 4 nitrogen and oxygen atoms in total. The van der Waals surface area contributed by atoms with Gasteiger partial charge < -0.3 is 10.6 Å². The van der Waals surface area contributed by atoms with Crippen LogP contribution in [0.25, 0.3) is 0 Å². The van der Waals surface area contributed by atoms with Crippen LogP contribution in [-0.2, 0) is 11.2 Å². The zero-order chi connectivity index (χ0) is 15.4. The Morgan fingerprint density at radius 2 is 1.77 bits per heavy atom. The second-order valence-electron chi connectivity index (χ2n) is 6.44. The van der Waals surface area contributed by atoms with Crippen LogP contribution in [0.3, 0.4) is 0 Å². The lowest BCUT2D eigenvalue weighted by molar-refractivity contribution is -0.116. The molecule has 2 N–H and O–H groups in total. The van der Waals surface area contributed by atoms with Gasteiger partial charge in [-0.2, -0.15) is 0 Å². The fraction of sp³-hybridized carbons (Fsp3) is 0.556.